The summed E-state index contributed by atoms with van der Waals surface area (Å²) in [6.07, 6.45) is 0. The molecule has 0 aliphatic carbocycles. The van der Waals surface area contributed by atoms with Crippen molar-refractivity contribution >= 4 is 29.0 Å². The molecule has 110 valence electrons. The molecule has 21 heavy (non-hydrogen) atoms. The smallest absolute Gasteiger partial charge is 0.319 e. The number of urea groups is 1. The summed E-state index contributed by atoms with van der Waals surface area (Å²) in [4.78, 5) is 11.7. The Balaban J connectivity index is 1.99. The highest BCUT2D eigenvalue weighted by atomic mass is 35.5. The summed E-state index contributed by atoms with van der Waals surface area (Å²) in [6, 6.07) is 7.88. The fraction of sp³-hybridized carbons (Fsp3) is 0.0714. The quantitative estimate of drug-likeness (QED) is 0.759. The maximum Gasteiger partial charge on any atom is 0.319 e. The lowest BCUT2D eigenvalue weighted by molar-refractivity contribution is 0.251. The summed E-state index contributed by atoms with van der Waals surface area (Å²) >= 11 is 5.82. The molecule has 0 aliphatic rings. The van der Waals surface area contributed by atoms with E-state index in [4.69, 9.17) is 17.3 Å². The van der Waals surface area contributed by atoms with Crippen molar-refractivity contribution in [1.29, 1.82) is 0 Å². The fourth-order valence-corrected chi connectivity index (χ4v) is 1.90. The van der Waals surface area contributed by atoms with E-state index in [2.05, 4.69) is 10.6 Å². The second-order valence-electron chi connectivity index (χ2n) is 4.29. The van der Waals surface area contributed by atoms with E-state index in [1.807, 2.05) is 0 Å². The number of nitrogens with one attached hydrogen (secondary N) is 2. The summed E-state index contributed by atoms with van der Waals surface area (Å²) in [7, 11) is 0. The number of halogens is 3. The van der Waals surface area contributed by atoms with Gasteiger partial charge in [-0.25, -0.2) is 13.6 Å². The Kier molecular flexibility index (Phi) is 4.59. The van der Waals surface area contributed by atoms with Gasteiger partial charge in [0.2, 0.25) is 0 Å². The van der Waals surface area contributed by atoms with Gasteiger partial charge in [0.1, 0.15) is 5.82 Å². The van der Waals surface area contributed by atoms with Crippen LogP contribution >= 0.6 is 11.6 Å². The Morgan fingerprint density at radius 2 is 2.00 bits per heavy atom. The second-order valence-corrected chi connectivity index (χ2v) is 4.72. The van der Waals surface area contributed by atoms with Gasteiger partial charge in [-0.3, -0.25) is 0 Å². The standard InChI is InChI=1S/C14H12ClF2N3O/c15-9-3-1-2-8(4-9)7-19-14(21)20-12-6-10(16)5-11(17)13(12)18/h1-6H,7,18H2,(H2,19,20,21). The van der Waals surface area contributed by atoms with Gasteiger partial charge in [-0.15, -0.1) is 0 Å². The Hall–Kier alpha value is -2.34. The molecule has 0 radical (unpaired) electrons. The number of rotatable bonds is 3. The second kappa shape index (κ2) is 6.41. The lowest BCUT2D eigenvalue weighted by atomic mass is 10.2. The summed E-state index contributed by atoms with van der Waals surface area (Å²) in [5, 5.41) is 5.37. The Labute approximate surface area is 124 Å². The van der Waals surface area contributed by atoms with Crippen molar-refractivity contribution in [3.8, 4) is 0 Å². The van der Waals surface area contributed by atoms with Crippen molar-refractivity contribution in [2.24, 2.45) is 0 Å². The average molecular weight is 312 g/mol. The molecule has 4 nitrogen and oxygen atoms in total. The molecule has 0 aliphatic heterocycles. The zero-order chi connectivity index (χ0) is 15.4. The van der Waals surface area contributed by atoms with Crippen LogP contribution in [0, 0.1) is 11.6 Å². The van der Waals surface area contributed by atoms with E-state index in [0.717, 1.165) is 11.6 Å². The van der Waals surface area contributed by atoms with Crippen LogP contribution in [-0.4, -0.2) is 6.03 Å². The van der Waals surface area contributed by atoms with Crippen LogP contribution in [0.5, 0.6) is 0 Å². The number of carbonyl (C=O) groups is 1. The molecule has 7 heteroatoms. The highest BCUT2D eigenvalue weighted by Gasteiger charge is 2.10. The number of amides is 2. The van der Waals surface area contributed by atoms with Gasteiger partial charge in [0.15, 0.2) is 5.82 Å². The van der Waals surface area contributed by atoms with E-state index in [-0.39, 0.29) is 17.9 Å². The molecule has 0 atom stereocenters. The number of anilines is 2. The van der Waals surface area contributed by atoms with Gasteiger partial charge in [0.05, 0.1) is 11.4 Å². The Bertz CT molecular complexity index is 679. The van der Waals surface area contributed by atoms with Gasteiger partial charge in [0, 0.05) is 17.6 Å². The minimum atomic E-state index is -0.930. The Morgan fingerprint density at radius 1 is 1.24 bits per heavy atom. The van der Waals surface area contributed by atoms with Crippen LogP contribution in [0.2, 0.25) is 5.02 Å². The normalized spacial score (nSPS) is 10.2. The molecule has 2 aromatic rings. The van der Waals surface area contributed by atoms with Crippen LogP contribution in [0.3, 0.4) is 0 Å². The molecule has 0 unspecified atom stereocenters. The van der Waals surface area contributed by atoms with Crippen LogP contribution in [0.4, 0.5) is 25.0 Å². The number of hydrogen-bond acceptors (Lipinski definition) is 2. The maximum absolute atomic E-state index is 13.2. The minimum absolute atomic E-state index is 0.129. The highest BCUT2D eigenvalue weighted by Crippen LogP contribution is 2.23. The topological polar surface area (TPSA) is 67.1 Å². The molecule has 0 heterocycles. The molecule has 0 aromatic heterocycles. The van der Waals surface area contributed by atoms with Gasteiger partial charge < -0.3 is 16.4 Å². The van der Waals surface area contributed by atoms with Crippen molar-refractivity contribution in [2.75, 3.05) is 11.1 Å². The van der Waals surface area contributed by atoms with Crippen LogP contribution in [-0.2, 0) is 6.54 Å². The van der Waals surface area contributed by atoms with E-state index < -0.39 is 17.7 Å². The molecular formula is C14H12ClF2N3O. The number of carbonyl (C=O) groups excluding carboxylic acids is 1. The lowest BCUT2D eigenvalue weighted by Gasteiger charge is -2.10. The number of nitrogen functional groups attached to an aromatic ring is 1. The maximum atomic E-state index is 13.2. The zero-order valence-electron chi connectivity index (χ0n) is 10.8. The van der Waals surface area contributed by atoms with Crippen molar-refractivity contribution in [2.45, 2.75) is 6.54 Å². The first-order valence-corrected chi connectivity index (χ1v) is 6.37. The van der Waals surface area contributed by atoms with Crippen LogP contribution in [0.15, 0.2) is 36.4 Å². The summed E-state index contributed by atoms with van der Waals surface area (Å²) in [5.74, 6) is -1.76. The summed E-state index contributed by atoms with van der Waals surface area (Å²) in [5.41, 5.74) is 5.76. The van der Waals surface area contributed by atoms with E-state index in [9.17, 15) is 13.6 Å². The van der Waals surface area contributed by atoms with Crippen molar-refractivity contribution < 1.29 is 13.6 Å². The molecule has 2 rings (SSSR count). The molecule has 0 saturated carbocycles. The first-order chi connectivity index (χ1) is 9.95. The van der Waals surface area contributed by atoms with Crippen LogP contribution < -0.4 is 16.4 Å². The number of nitrogens with two attached hydrogens (primary N) is 1. The summed E-state index contributed by atoms with van der Waals surface area (Å²) in [6.45, 7) is 0.212. The van der Waals surface area contributed by atoms with Gasteiger partial charge in [0.25, 0.3) is 0 Å². The third-order valence-corrected chi connectivity index (χ3v) is 2.92. The number of hydrogen-bond donors (Lipinski definition) is 3. The largest absolute Gasteiger partial charge is 0.395 e. The van der Waals surface area contributed by atoms with Crippen LogP contribution in [0.25, 0.3) is 0 Å². The van der Waals surface area contributed by atoms with E-state index in [1.165, 1.54) is 0 Å². The molecule has 0 bridgehead atoms. The third-order valence-electron chi connectivity index (χ3n) is 2.68. The first-order valence-electron chi connectivity index (χ1n) is 5.99. The molecule has 4 N–H and O–H groups in total. The number of benzene rings is 2. The van der Waals surface area contributed by atoms with Gasteiger partial charge in [-0.05, 0) is 23.8 Å². The van der Waals surface area contributed by atoms with E-state index >= 15 is 0 Å². The van der Waals surface area contributed by atoms with Gasteiger partial charge in [-0.2, -0.15) is 0 Å². The monoisotopic (exact) mass is 311 g/mol. The van der Waals surface area contributed by atoms with Gasteiger partial charge in [-0.1, -0.05) is 23.7 Å². The zero-order valence-corrected chi connectivity index (χ0v) is 11.5. The molecule has 2 amide bonds. The predicted octanol–water partition coefficient (Wildman–Crippen LogP) is 3.52. The Morgan fingerprint density at radius 3 is 2.71 bits per heavy atom. The highest BCUT2D eigenvalue weighted by molar-refractivity contribution is 6.30. The summed E-state index contributed by atoms with van der Waals surface area (Å²) < 4.78 is 26.3. The van der Waals surface area contributed by atoms with Crippen LogP contribution in [0.1, 0.15) is 5.56 Å². The SMILES string of the molecule is Nc1c(F)cc(F)cc1NC(=O)NCc1cccc(Cl)c1. The van der Waals surface area contributed by atoms with E-state index in [1.54, 1.807) is 24.3 Å². The van der Waals surface area contributed by atoms with Crippen molar-refractivity contribution in [3.05, 3.63) is 58.6 Å². The molecule has 2 aromatic carbocycles. The van der Waals surface area contributed by atoms with Gasteiger partial charge >= 0.3 is 6.03 Å². The molecule has 0 spiro atoms. The van der Waals surface area contributed by atoms with Crippen molar-refractivity contribution in [1.82, 2.24) is 5.32 Å². The van der Waals surface area contributed by atoms with E-state index in [0.29, 0.717) is 11.1 Å². The third kappa shape index (κ3) is 4.06. The molecule has 0 saturated heterocycles. The average Bonchev–Trinajstić information content (AvgIpc) is 2.42. The minimum Gasteiger partial charge on any atom is -0.395 e. The molecule has 0 fully saturated rings. The first kappa shape index (κ1) is 15.1. The molecular weight excluding hydrogens is 300 g/mol. The van der Waals surface area contributed by atoms with Crippen molar-refractivity contribution in [3.63, 3.8) is 0 Å². The lowest BCUT2D eigenvalue weighted by Crippen LogP contribution is -2.28. The fourth-order valence-electron chi connectivity index (χ4n) is 1.68. The predicted molar refractivity (Wildman–Crippen MR) is 78.1 cm³/mol.